The van der Waals surface area contributed by atoms with Crippen LogP contribution in [0.2, 0.25) is 0 Å². The van der Waals surface area contributed by atoms with Crippen molar-refractivity contribution in [3.63, 3.8) is 0 Å². The summed E-state index contributed by atoms with van der Waals surface area (Å²) in [6.45, 7) is 6.07. The molecule has 0 aromatic carbocycles. The maximum atomic E-state index is 11.1. The molecule has 3 heteroatoms. The van der Waals surface area contributed by atoms with Crippen molar-refractivity contribution in [1.29, 1.82) is 0 Å². The molecule has 1 rings (SSSR count). The number of primary amides is 1. The molecular formula is C10H14N2O. The minimum absolute atomic E-state index is 0.0986. The van der Waals surface area contributed by atoms with Crippen LogP contribution in [0.5, 0.6) is 0 Å². The van der Waals surface area contributed by atoms with Gasteiger partial charge in [0.05, 0.1) is 0 Å². The van der Waals surface area contributed by atoms with Gasteiger partial charge in [-0.05, 0) is 17.0 Å². The normalized spacial score (nSPS) is 11.3. The van der Waals surface area contributed by atoms with Crippen LogP contribution in [0.3, 0.4) is 0 Å². The molecule has 13 heavy (non-hydrogen) atoms. The third kappa shape index (κ3) is 2.05. The largest absolute Gasteiger partial charge is 0.366 e. The molecule has 0 saturated carbocycles. The summed E-state index contributed by atoms with van der Waals surface area (Å²) in [6.07, 6.45) is 3.27. The summed E-state index contributed by atoms with van der Waals surface area (Å²) in [5.41, 5.74) is 6.60. The van der Waals surface area contributed by atoms with E-state index in [1.54, 1.807) is 18.5 Å². The van der Waals surface area contributed by atoms with E-state index in [0.717, 1.165) is 5.56 Å². The Morgan fingerprint density at radius 1 is 1.46 bits per heavy atom. The van der Waals surface area contributed by atoms with E-state index in [0.29, 0.717) is 5.56 Å². The van der Waals surface area contributed by atoms with E-state index in [1.807, 2.05) is 20.8 Å². The Labute approximate surface area is 78.0 Å². The molecule has 0 aliphatic rings. The number of hydrogen-bond donors (Lipinski definition) is 1. The zero-order chi connectivity index (χ0) is 10.1. The second-order valence-corrected chi connectivity index (χ2v) is 4.04. The Morgan fingerprint density at radius 2 is 2.08 bits per heavy atom. The Bertz CT molecular complexity index is 326. The highest BCUT2D eigenvalue weighted by molar-refractivity contribution is 5.94. The van der Waals surface area contributed by atoms with E-state index in [4.69, 9.17) is 5.73 Å². The Balaban J connectivity index is 3.28. The van der Waals surface area contributed by atoms with Crippen LogP contribution < -0.4 is 5.73 Å². The number of nitrogens with zero attached hydrogens (tertiary/aromatic N) is 1. The minimum atomic E-state index is -0.396. The quantitative estimate of drug-likeness (QED) is 0.708. The van der Waals surface area contributed by atoms with Gasteiger partial charge in [0.15, 0.2) is 0 Å². The van der Waals surface area contributed by atoms with Crippen LogP contribution in [0.15, 0.2) is 18.5 Å². The van der Waals surface area contributed by atoms with Gasteiger partial charge in [0.1, 0.15) is 0 Å². The first kappa shape index (κ1) is 9.71. The van der Waals surface area contributed by atoms with Crippen molar-refractivity contribution in [3.8, 4) is 0 Å². The first-order valence-electron chi connectivity index (χ1n) is 4.17. The van der Waals surface area contributed by atoms with Crippen molar-refractivity contribution in [3.05, 3.63) is 29.6 Å². The number of rotatable bonds is 1. The van der Waals surface area contributed by atoms with Crippen molar-refractivity contribution in [2.24, 2.45) is 5.73 Å². The van der Waals surface area contributed by atoms with E-state index in [9.17, 15) is 4.79 Å². The summed E-state index contributed by atoms with van der Waals surface area (Å²) in [6, 6.07) is 1.66. The van der Waals surface area contributed by atoms with Crippen LogP contribution in [-0.2, 0) is 5.41 Å². The number of hydrogen-bond acceptors (Lipinski definition) is 2. The van der Waals surface area contributed by atoms with Gasteiger partial charge in [-0.2, -0.15) is 0 Å². The number of aromatic nitrogens is 1. The van der Waals surface area contributed by atoms with Crippen LogP contribution in [0, 0.1) is 0 Å². The third-order valence-corrected chi connectivity index (χ3v) is 1.89. The van der Waals surface area contributed by atoms with Crippen molar-refractivity contribution in [2.75, 3.05) is 0 Å². The van der Waals surface area contributed by atoms with Gasteiger partial charge in [-0.15, -0.1) is 0 Å². The molecule has 1 aromatic heterocycles. The maximum Gasteiger partial charge on any atom is 0.249 e. The SMILES string of the molecule is CC(C)(C)c1cnccc1C(N)=O. The van der Waals surface area contributed by atoms with Gasteiger partial charge in [0, 0.05) is 18.0 Å². The summed E-state index contributed by atoms with van der Waals surface area (Å²) >= 11 is 0. The molecule has 0 atom stereocenters. The van der Waals surface area contributed by atoms with Gasteiger partial charge >= 0.3 is 0 Å². The number of carbonyl (C=O) groups excluding carboxylic acids is 1. The van der Waals surface area contributed by atoms with Crippen LogP contribution >= 0.6 is 0 Å². The lowest BCUT2D eigenvalue weighted by molar-refractivity contribution is 0.0998. The van der Waals surface area contributed by atoms with Crippen LogP contribution in [0.4, 0.5) is 0 Å². The third-order valence-electron chi connectivity index (χ3n) is 1.89. The molecule has 2 N–H and O–H groups in total. The lowest BCUT2D eigenvalue weighted by Gasteiger charge is -2.20. The summed E-state index contributed by atoms with van der Waals surface area (Å²) in [5.74, 6) is -0.396. The van der Waals surface area contributed by atoms with Crippen LogP contribution in [-0.4, -0.2) is 10.9 Å². The number of carbonyl (C=O) groups is 1. The minimum Gasteiger partial charge on any atom is -0.366 e. The van der Waals surface area contributed by atoms with Crippen molar-refractivity contribution >= 4 is 5.91 Å². The second kappa shape index (κ2) is 3.17. The molecule has 0 unspecified atom stereocenters. The second-order valence-electron chi connectivity index (χ2n) is 4.04. The molecule has 70 valence electrons. The molecule has 0 saturated heterocycles. The lowest BCUT2D eigenvalue weighted by Crippen LogP contribution is -2.21. The lowest BCUT2D eigenvalue weighted by atomic mass is 9.85. The molecule has 1 aromatic rings. The van der Waals surface area contributed by atoms with Gasteiger partial charge < -0.3 is 5.73 Å². The van der Waals surface area contributed by atoms with Gasteiger partial charge in [0.25, 0.3) is 0 Å². The highest BCUT2D eigenvalue weighted by Crippen LogP contribution is 2.24. The summed E-state index contributed by atoms with van der Waals surface area (Å²) in [4.78, 5) is 15.0. The molecule has 0 spiro atoms. The fraction of sp³-hybridized carbons (Fsp3) is 0.400. The number of pyridine rings is 1. The Kier molecular flexibility index (Phi) is 2.36. The molecule has 0 aliphatic heterocycles. The predicted octanol–water partition coefficient (Wildman–Crippen LogP) is 1.48. The van der Waals surface area contributed by atoms with Crippen molar-refractivity contribution < 1.29 is 4.79 Å². The average Bonchev–Trinajstić information content (AvgIpc) is 2.03. The smallest absolute Gasteiger partial charge is 0.249 e. The van der Waals surface area contributed by atoms with E-state index in [2.05, 4.69) is 4.98 Å². The van der Waals surface area contributed by atoms with Gasteiger partial charge in [-0.1, -0.05) is 20.8 Å². The molecule has 0 radical (unpaired) electrons. The fourth-order valence-electron chi connectivity index (χ4n) is 1.21. The fourth-order valence-corrected chi connectivity index (χ4v) is 1.21. The summed E-state index contributed by atoms with van der Waals surface area (Å²) in [7, 11) is 0. The molecule has 1 heterocycles. The average molecular weight is 178 g/mol. The molecular weight excluding hydrogens is 164 g/mol. The highest BCUT2D eigenvalue weighted by atomic mass is 16.1. The zero-order valence-electron chi connectivity index (χ0n) is 8.16. The molecule has 0 bridgehead atoms. The van der Waals surface area contributed by atoms with E-state index < -0.39 is 5.91 Å². The number of nitrogens with two attached hydrogens (primary N) is 1. The molecule has 3 nitrogen and oxygen atoms in total. The highest BCUT2D eigenvalue weighted by Gasteiger charge is 2.19. The van der Waals surface area contributed by atoms with E-state index in [1.165, 1.54) is 0 Å². The Hall–Kier alpha value is -1.38. The zero-order valence-corrected chi connectivity index (χ0v) is 8.16. The van der Waals surface area contributed by atoms with Crippen molar-refractivity contribution in [2.45, 2.75) is 26.2 Å². The van der Waals surface area contributed by atoms with Crippen molar-refractivity contribution in [1.82, 2.24) is 4.98 Å². The van der Waals surface area contributed by atoms with Gasteiger partial charge in [-0.3, -0.25) is 9.78 Å². The summed E-state index contributed by atoms with van der Waals surface area (Å²) in [5, 5.41) is 0. The molecule has 1 amide bonds. The van der Waals surface area contributed by atoms with E-state index >= 15 is 0 Å². The molecule has 0 aliphatic carbocycles. The molecule has 0 fully saturated rings. The van der Waals surface area contributed by atoms with Crippen LogP contribution in [0.25, 0.3) is 0 Å². The van der Waals surface area contributed by atoms with Gasteiger partial charge in [0.2, 0.25) is 5.91 Å². The van der Waals surface area contributed by atoms with Gasteiger partial charge in [-0.25, -0.2) is 0 Å². The van der Waals surface area contributed by atoms with E-state index in [-0.39, 0.29) is 5.41 Å². The first-order chi connectivity index (χ1) is 5.93. The Morgan fingerprint density at radius 3 is 2.46 bits per heavy atom. The van der Waals surface area contributed by atoms with Crippen LogP contribution in [0.1, 0.15) is 36.7 Å². The first-order valence-corrected chi connectivity index (χ1v) is 4.17. The standard InChI is InChI=1S/C10H14N2O/c1-10(2,3)8-6-12-5-4-7(8)9(11)13/h4-6H,1-3H3,(H2,11,13). The monoisotopic (exact) mass is 178 g/mol. The maximum absolute atomic E-state index is 11.1. The number of amides is 1. The summed E-state index contributed by atoms with van der Waals surface area (Å²) < 4.78 is 0. The predicted molar refractivity (Wildman–Crippen MR) is 51.5 cm³/mol. The topological polar surface area (TPSA) is 56.0 Å².